The second-order valence-electron chi connectivity index (χ2n) is 4.29. The lowest BCUT2D eigenvalue weighted by molar-refractivity contribution is 0.112. The minimum absolute atomic E-state index is 0.467. The van der Waals surface area contributed by atoms with Crippen molar-refractivity contribution in [2.45, 2.75) is 6.92 Å². The summed E-state index contributed by atoms with van der Waals surface area (Å²) in [4.78, 5) is 11.2. The summed E-state index contributed by atoms with van der Waals surface area (Å²) in [6.45, 7) is 2.03. The van der Waals surface area contributed by atoms with Gasteiger partial charge in [-0.3, -0.25) is 4.79 Å². The Balaban J connectivity index is 2.62. The minimum Gasteiger partial charge on any atom is -0.493 e. The third kappa shape index (κ3) is 2.60. The van der Waals surface area contributed by atoms with Gasteiger partial charge in [-0.25, -0.2) is 0 Å². The molecule has 0 bridgehead atoms. The van der Waals surface area contributed by atoms with Crippen LogP contribution < -0.4 is 9.47 Å². The number of ether oxygens (including phenoxy) is 2. The maximum absolute atomic E-state index is 11.2. The van der Waals surface area contributed by atoms with Gasteiger partial charge in [-0.15, -0.1) is 0 Å². The van der Waals surface area contributed by atoms with Gasteiger partial charge in [0.25, 0.3) is 0 Å². The lowest BCUT2D eigenvalue weighted by Crippen LogP contribution is -1.96. The Morgan fingerprint density at radius 3 is 2.37 bits per heavy atom. The molecule has 0 N–H and O–H groups in total. The van der Waals surface area contributed by atoms with Crippen LogP contribution in [0.5, 0.6) is 11.5 Å². The average Bonchev–Trinajstić information content (AvgIpc) is 2.45. The first-order valence-electron chi connectivity index (χ1n) is 5.98. The van der Waals surface area contributed by atoms with Gasteiger partial charge < -0.3 is 9.47 Å². The summed E-state index contributed by atoms with van der Waals surface area (Å²) in [7, 11) is 3.09. The zero-order valence-corrected chi connectivity index (χ0v) is 11.3. The van der Waals surface area contributed by atoms with Crippen LogP contribution in [-0.2, 0) is 0 Å². The fraction of sp³-hybridized carbons (Fsp3) is 0.188. The van der Waals surface area contributed by atoms with E-state index in [0.717, 1.165) is 17.4 Å². The molecule has 0 aromatic heterocycles. The van der Waals surface area contributed by atoms with Crippen LogP contribution in [0.3, 0.4) is 0 Å². The second-order valence-corrected chi connectivity index (χ2v) is 4.29. The van der Waals surface area contributed by atoms with Crippen molar-refractivity contribution in [3.8, 4) is 22.6 Å². The van der Waals surface area contributed by atoms with E-state index in [2.05, 4.69) is 6.07 Å². The number of hydrogen-bond donors (Lipinski definition) is 0. The molecule has 0 atom stereocenters. The number of methoxy groups -OCH3 is 2. The molecular weight excluding hydrogens is 240 g/mol. The molecule has 0 saturated heterocycles. The Morgan fingerprint density at radius 1 is 1.00 bits per heavy atom. The lowest BCUT2D eigenvalue weighted by Gasteiger charge is -2.12. The summed E-state index contributed by atoms with van der Waals surface area (Å²) in [5.41, 5.74) is 3.63. The third-order valence-corrected chi connectivity index (χ3v) is 2.99. The largest absolute Gasteiger partial charge is 0.493 e. The van der Waals surface area contributed by atoms with Crippen molar-refractivity contribution in [2.24, 2.45) is 0 Å². The van der Waals surface area contributed by atoms with Gasteiger partial charge in [0.15, 0.2) is 17.8 Å². The molecule has 2 aromatic rings. The summed E-state index contributed by atoms with van der Waals surface area (Å²) in [6, 6.07) is 11.8. The number of hydrogen-bond acceptors (Lipinski definition) is 3. The molecule has 0 saturated carbocycles. The number of carbonyl (C=O) groups is 1. The van der Waals surface area contributed by atoms with E-state index in [4.69, 9.17) is 9.47 Å². The monoisotopic (exact) mass is 256 g/mol. The SMILES string of the molecule is COc1cc(-c2cccc(C)c2)cc(C=O)c1OC. The molecule has 0 fully saturated rings. The first kappa shape index (κ1) is 13.1. The molecule has 19 heavy (non-hydrogen) atoms. The van der Waals surface area contributed by atoms with E-state index in [1.165, 1.54) is 12.7 Å². The molecule has 0 unspecified atom stereocenters. The molecule has 0 aliphatic heterocycles. The van der Waals surface area contributed by atoms with Gasteiger partial charge in [-0.05, 0) is 30.2 Å². The zero-order valence-electron chi connectivity index (χ0n) is 11.3. The van der Waals surface area contributed by atoms with E-state index in [1.54, 1.807) is 7.11 Å². The van der Waals surface area contributed by atoms with Crippen LogP contribution in [0.25, 0.3) is 11.1 Å². The molecule has 0 aliphatic rings. The third-order valence-electron chi connectivity index (χ3n) is 2.99. The average molecular weight is 256 g/mol. The predicted molar refractivity (Wildman–Crippen MR) is 75.1 cm³/mol. The Bertz CT molecular complexity index is 603. The highest BCUT2D eigenvalue weighted by molar-refractivity contribution is 5.85. The lowest BCUT2D eigenvalue weighted by atomic mass is 10.0. The highest BCUT2D eigenvalue weighted by atomic mass is 16.5. The fourth-order valence-electron chi connectivity index (χ4n) is 2.07. The minimum atomic E-state index is 0.467. The zero-order chi connectivity index (χ0) is 13.8. The van der Waals surface area contributed by atoms with Crippen molar-refractivity contribution in [3.05, 3.63) is 47.5 Å². The number of rotatable bonds is 4. The van der Waals surface area contributed by atoms with E-state index in [-0.39, 0.29) is 0 Å². The Morgan fingerprint density at radius 2 is 1.79 bits per heavy atom. The molecule has 0 aliphatic carbocycles. The normalized spacial score (nSPS) is 10.1. The van der Waals surface area contributed by atoms with E-state index >= 15 is 0 Å². The van der Waals surface area contributed by atoms with Gasteiger partial charge in [-0.2, -0.15) is 0 Å². The van der Waals surface area contributed by atoms with Gasteiger partial charge in [0, 0.05) is 0 Å². The van der Waals surface area contributed by atoms with Crippen LogP contribution in [0.2, 0.25) is 0 Å². The van der Waals surface area contributed by atoms with Gasteiger partial charge in [0.05, 0.1) is 19.8 Å². The molecule has 0 radical (unpaired) electrons. The standard InChI is InChI=1S/C16H16O3/c1-11-5-4-6-12(7-11)13-8-14(10-17)16(19-3)15(9-13)18-2/h4-10H,1-3H3. The van der Waals surface area contributed by atoms with Crippen molar-refractivity contribution in [1.82, 2.24) is 0 Å². The molecule has 0 spiro atoms. The van der Waals surface area contributed by atoms with Gasteiger partial charge >= 0.3 is 0 Å². The van der Waals surface area contributed by atoms with Crippen LogP contribution >= 0.6 is 0 Å². The molecular formula is C16H16O3. The van der Waals surface area contributed by atoms with E-state index in [9.17, 15) is 4.79 Å². The van der Waals surface area contributed by atoms with Crippen LogP contribution in [0.15, 0.2) is 36.4 Å². The summed E-state index contributed by atoms with van der Waals surface area (Å²) >= 11 is 0. The molecule has 0 amide bonds. The van der Waals surface area contributed by atoms with Crippen molar-refractivity contribution in [1.29, 1.82) is 0 Å². The van der Waals surface area contributed by atoms with Crippen molar-refractivity contribution in [2.75, 3.05) is 14.2 Å². The second kappa shape index (κ2) is 5.57. The molecule has 2 aromatic carbocycles. The molecule has 3 heteroatoms. The maximum atomic E-state index is 11.2. The highest BCUT2D eigenvalue weighted by Gasteiger charge is 2.12. The first-order chi connectivity index (χ1) is 9.19. The Kier molecular flexibility index (Phi) is 3.85. The number of carbonyl (C=O) groups excluding carboxylic acids is 1. The molecule has 3 nitrogen and oxygen atoms in total. The summed E-state index contributed by atoms with van der Waals surface area (Å²) < 4.78 is 10.5. The van der Waals surface area contributed by atoms with E-state index in [1.807, 2.05) is 37.3 Å². The number of aldehydes is 1. The van der Waals surface area contributed by atoms with E-state index in [0.29, 0.717) is 17.1 Å². The van der Waals surface area contributed by atoms with Crippen molar-refractivity contribution in [3.63, 3.8) is 0 Å². The smallest absolute Gasteiger partial charge is 0.171 e. The molecule has 2 rings (SSSR count). The van der Waals surface area contributed by atoms with Crippen molar-refractivity contribution >= 4 is 6.29 Å². The van der Waals surface area contributed by atoms with Crippen molar-refractivity contribution < 1.29 is 14.3 Å². The quantitative estimate of drug-likeness (QED) is 0.785. The Hall–Kier alpha value is -2.29. The molecule has 98 valence electrons. The molecule has 0 heterocycles. The summed E-state index contributed by atoms with van der Waals surface area (Å²) in [6.07, 6.45) is 0.778. The van der Waals surface area contributed by atoms with E-state index < -0.39 is 0 Å². The number of benzene rings is 2. The van der Waals surface area contributed by atoms with Gasteiger partial charge in [0.2, 0.25) is 0 Å². The van der Waals surface area contributed by atoms with Crippen LogP contribution in [0.4, 0.5) is 0 Å². The maximum Gasteiger partial charge on any atom is 0.171 e. The Labute approximate surface area is 112 Å². The first-order valence-corrected chi connectivity index (χ1v) is 5.98. The van der Waals surface area contributed by atoms with Gasteiger partial charge in [-0.1, -0.05) is 29.8 Å². The van der Waals surface area contributed by atoms with Crippen LogP contribution in [-0.4, -0.2) is 20.5 Å². The topological polar surface area (TPSA) is 35.5 Å². The fourth-order valence-corrected chi connectivity index (χ4v) is 2.07. The van der Waals surface area contributed by atoms with Gasteiger partial charge in [0.1, 0.15) is 0 Å². The highest BCUT2D eigenvalue weighted by Crippen LogP contribution is 2.35. The van der Waals surface area contributed by atoms with Crippen LogP contribution in [0.1, 0.15) is 15.9 Å². The number of aryl methyl sites for hydroxylation is 1. The summed E-state index contributed by atoms with van der Waals surface area (Å²) in [5, 5.41) is 0. The predicted octanol–water partition coefficient (Wildman–Crippen LogP) is 3.49. The summed E-state index contributed by atoms with van der Waals surface area (Å²) in [5.74, 6) is 1.03. The van der Waals surface area contributed by atoms with Crippen LogP contribution in [0, 0.1) is 6.92 Å².